The molecular weight excluding hydrogens is 598 g/mol. The van der Waals surface area contributed by atoms with Gasteiger partial charge in [0.15, 0.2) is 14.7 Å². The van der Waals surface area contributed by atoms with Crippen LogP contribution < -0.4 is 0 Å². The van der Waals surface area contributed by atoms with Gasteiger partial charge in [0.25, 0.3) is 10.1 Å². The van der Waals surface area contributed by atoms with E-state index in [0.717, 1.165) is 0 Å². The quantitative estimate of drug-likeness (QED) is 0.169. The third-order valence-corrected chi connectivity index (χ3v) is 11.8. The molecule has 0 N–H and O–H groups in total. The third-order valence-electron chi connectivity index (χ3n) is 7.19. The number of ether oxygens (including phenoxy) is 1. The molecule has 41 heavy (non-hydrogen) atoms. The lowest BCUT2D eigenvalue weighted by Crippen LogP contribution is -2.38. The molecule has 8 nitrogen and oxygen atoms in total. The highest BCUT2D eigenvalue weighted by Gasteiger charge is 2.65. The van der Waals surface area contributed by atoms with E-state index in [1.807, 2.05) is 0 Å². The van der Waals surface area contributed by atoms with Gasteiger partial charge in [-0.3, -0.25) is 8.98 Å². The molecule has 2 aliphatic carbocycles. The van der Waals surface area contributed by atoms with Gasteiger partial charge in [-0.1, -0.05) is 54.1 Å². The van der Waals surface area contributed by atoms with E-state index in [2.05, 4.69) is 91.9 Å². The van der Waals surface area contributed by atoms with Gasteiger partial charge in [0, 0.05) is 21.0 Å². The van der Waals surface area contributed by atoms with E-state index in [1.165, 1.54) is 20.2 Å². The summed E-state index contributed by atoms with van der Waals surface area (Å²) in [5.74, 6) is -2.74. The number of esters is 1. The second-order valence-corrected chi connectivity index (χ2v) is 15.1. The molecule has 1 aliphatic heterocycles. The van der Waals surface area contributed by atoms with Crippen LogP contribution >= 0.6 is 0 Å². The van der Waals surface area contributed by atoms with Crippen LogP contribution in [0.25, 0.3) is 0 Å². The SMILES string of the molecule is Cc1ccc([S+](c2ccccc2)c2ccccc2)cc1.FF.O=C(CS(=O)(=O)[O-])OC1C2CC3C1OS(=O)(=O)C3C2. The van der Waals surface area contributed by atoms with Crippen molar-refractivity contribution in [3.8, 4) is 0 Å². The molecule has 5 unspecified atom stereocenters. The fraction of sp³-hybridized carbons (Fsp3) is 0.321. The Kier molecular flexibility index (Phi) is 9.85. The molecule has 3 aliphatic rings. The molecule has 2 saturated carbocycles. The van der Waals surface area contributed by atoms with Gasteiger partial charge in [-0.05, 0) is 56.2 Å². The molecule has 0 spiro atoms. The van der Waals surface area contributed by atoms with Crippen molar-refractivity contribution in [1.82, 2.24) is 0 Å². The normalized spacial score (nSPS) is 25.0. The molecule has 3 fully saturated rings. The zero-order valence-electron chi connectivity index (χ0n) is 21.8. The molecule has 3 aromatic rings. The molecule has 0 amide bonds. The van der Waals surface area contributed by atoms with Crippen LogP contribution in [0.5, 0.6) is 0 Å². The highest BCUT2D eigenvalue weighted by Crippen LogP contribution is 2.55. The summed E-state index contributed by atoms with van der Waals surface area (Å²) in [6, 6.07) is 30.4. The summed E-state index contributed by atoms with van der Waals surface area (Å²) in [6.45, 7) is 2.13. The molecule has 2 bridgehead atoms. The van der Waals surface area contributed by atoms with Gasteiger partial charge in [-0.2, -0.15) is 8.42 Å². The van der Waals surface area contributed by atoms with Gasteiger partial charge >= 0.3 is 5.97 Å². The summed E-state index contributed by atoms with van der Waals surface area (Å²) in [5, 5.41) is -0.541. The third kappa shape index (κ3) is 7.33. The summed E-state index contributed by atoms with van der Waals surface area (Å²) in [7, 11) is -8.33. The van der Waals surface area contributed by atoms with Gasteiger partial charge in [0.1, 0.15) is 28.1 Å². The van der Waals surface area contributed by atoms with E-state index >= 15 is 0 Å². The second-order valence-electron chi connectivity index (χ2n) is 9.89. The molecule has 6 rings (SSSR count). The number of fused-ring (bicyclic) bond motifs is 1. The summed E-state index contributed by atoms with van der Waals surface area (Å²) in [5.41, 5.74) is 1.30. The minimum absolute atomic E-state index is 0.0229. The van der Waals surface area contributed by atoms with Crippen molar-refractivity contribution in [3.63, 3.8) is 0 Å². The number of rotatable bonds is 6. The summed E-state index contributed by atoms with van der Waals surface area (Å²) >= 11 is 0. The maximum atomic E-state index is 11.6. The highest BCUT2D eigenvalue weighted by atomic mass is 32.2. The molecule has 1 heterocycles. The smallest absolute Gasteiger partial charge is 0.320 e. The van der Waals surface area contributed by atoms with E-state index in [4.69, 9.17) is 18.1 Å². The lowest BCUT2D eigenvalue weighted by atomic mass is 9.94. The minimum Gasteiger partial charge on any atom is -0.748 e. The zero-order chi connectivity index (χ0) is 29.8. The molecule has 13 heteroatoms. The van der Waals surface area contributed by atoms with Crippen LogP contribution in [0.1, 0.15) is 18.4 Å². The zero-order valence-corrected chi connectivity index (χ0v) is 24.3. The van der Waals surface area contributed by atoms with E-state index in [-0.39, 0.29) is 22.7 Å². The van der Waals surface area contributed by atoms with Gasteiger partial charge in [-0.25, -0.2) is 8.42 Å². The first-order valence-corrected chi connectivity index (χ1v) is 16.9. The molecular formula is C28H28F2O8S3. The lowest BCUT2D eigenvalue weighted by Gasteiger charge is -2.25. The Balaban J connectivity index is 0.000000178. The van der Waals surface area contributed by atoms with Crippen molar-refractivity contribution in [2.75, 3.05) is 5.75 Å². The van der Waals surface area contributed by atoms with Crippen LogP contribution in [0.15, 0.2) is 99.6 Å². The Bertz CT molecular complexity index is 1500. The number of carbonyl (C=O) groups is 1. The first kappa shape index (κ1) is 31.1. The van der Waals surface area contributed by atoms with E-state index in [1.54, 1.807) is 0 Å². The number of carbonyl (C=O) groups excluding carboxylic acids is 1. The Labute approximate surface area is 240 Å². The van der Waals surface area contributed by atoms with Crippen LogP contribution in [0.2, 0.25) is 0 Å². The van der Waals surface area contributed by atoms with Crippen molar-refractivity contribution >= 4 is 37.1 Å². The van der Waals surface area contributed by atoms with Crippen LogP contribution in [0, 0.1) is 18.8 Å². The monoisotopic (exact) mass is 626 g/mol. The molecule has 3 aromatic carbocycles. The average Bonchev–Trinajstić information content (AvgIpc) is 3.57. The number of aryl methyl sites for hydroxylation is 1. The predicted octanol–water partition coefficient (Wildman–Crippen LogP) is 4.51. The molecule has 5 atom stereocenters. The van der Waals surface area contributed by atoms with E-state index in [0.29, 0.717) is 12.8 Å². The number of hydrogen-bond donors (Lipinski definition) is 0. The summed E-state index contributed by atoms with van der Waals surface area (Å²) in [4.78, 5) is 15.4. The molecule has 220 valence electrons. The molecule has 0 aromatic heterocycles. The topological polar surface area (TPSA) is 127 Å². The second kappa shape index (κ2) is 13.0. The Morgan fingerprint density at radius 3 is 1.95 bits per heavy atom. The average molecular weight is 627 g/mol. The van der Waals surface area contributed by atoms with Crippen molar-refractivity contribution in [2.24, 2.45) is 11.8 Å². The van der Waals surface area contributed by atoms with Gasteiger partial charge in [-0.15, -0.1) is 0 Å². The maximum absolute atomic E-state index is 11.6. The van der Waals surface area contributed by atoms with E-state index < -0.39 is 49.4 Å². The summed E-state index contributed by atoms with van der Waals surface area (Å²) < 4.78 is 80.5. The fourth-order valence-electron chi connectivity index (χ4n) is 5.57. The van der Waals surface area contributed by atoms with Crippen molar-refractivity contribution < 1.29 is 44.3 Å². The standard InChI is InChI=1S/C19H17S.C9H12O8S2.F2/c1-16-12-14-19(15-13-16)20(17-8-4-2-5-9-17)18-10-6-3-7-11-18;10-7(3-18(11,12)13)16-8-4-1-5-6(2-4)19(14,15)17-9(5)8;1-2/h2-15H,1H3;4-6,8-9H,1-3H2,(H,11,12,13);/q+1;;/p-1. The number of halogens is 2. The van der Waals surface area contributed by atoms with Crippen LogP contribution in [-0.2, 0) is 44.8 Å². The molecule has 0 radical (unpaired) electrons. The van der Waals surface area contributed by atoms with Crippen molar-refractivity contribution in [1.29, 1.82) is 0 Å². The Hall–Kier alpha value is -2.84. The van der Waals surface area contributed by atoms with E-state index in [9.17, 15) is 26.2 Å². The van der Waals surface area contributed by atoms with Gasteiger partial charge in [0.05, 0.1) is 16.1 Å². The Morgan fingerprint density at radius 1 is 0.927 bits per heavy atom. The van der Waals surface area contributed by atoms with Crippen LogP contribution in [-0.4, -0.2) is 50.6 Å². The maximum Gasteiger partial charge on any atom is 0.320 e. The Morgan fingerprint density at radius 2 is 1.44 bits per heavy atom. The summed E-state index contributed by atoms with van der Waals surface area (Å²) in [6.07, 6.45) is -0.567. The van der Waals surface area contributed by atoms with Crippen LogP contribution in [0.4, 0.5) is 9.15 Å². The lowest BCUT2D eigenvalue weighted by molar-refractivity contribution is -0.152. The first-order valence-electron chi connectivity index (χ1n) is 12.6. The minimum atomic E-state index is -4.70. The van der Waals surface area contributed by atoms with Gasteiger partial charge < -0.3 is 9.29 Å². The van der Waals surface area contributed by atoms with Crippen LogP contribution in [0.3, 0.4) is 0 Å². The predicted molar refractivity (Wildman–Crippen MR) is 147 cm³/mol. The van der Waals surface area contributed by atoms with Gasteiger partial charge in [0.2, 0.25) is 0 Å². The number of benzene rings is 3. The van der Waals surface area contributed by atoms with Crippen molar-refractivity contribution in [3.05, 3.63) is 90.5 Å². The first-order chi connectivity index (χ1) is 19.5. The number of hydrogen-bond acceptors (Lipinski definition) is 8. The van der Waals surface area contributed by atoms with Crippen molar-refractivity contribution in [2.45, 2.75) is 51.9 Å². The fourth-order valence-corrected chi connectivity index (χ4v) is 9.89. The largest absolute Gasteiger partial charge is 0.748 e. The molecule has 1 saturated heterocycles. The highest BCUT2D eigenvalue weighted by molar-refractivity contribution is 7.97.